The zero-order valence-corrected chi connectivity index (χ0v) is 15.1. The largest absolute Gasteiger partial charge is 0.237 e. The highest BCUT2D eigenvalue weighted by Gasteiger charge is 2.20. The zero-order valence-electron chi connectivity index (χ0n) is 15.1. The molecule has 0 spiro atoms. The number of rotatable bonds is 6. The van der Waals surface area contributed by atoms with Crippen LogP contribution in [-0.2, 0) is 6.42 Å². The third-order valence-corrected chi connectivity index (χ3v) is 4.42. The zero-order chi connectivity index (χ0) is 17.8. The third kappa shape index (κ3) is 3.98. The van der Waals surface area contributed by atoms with Crippen LogP contribution in [0.2, 0.25) is 0 Å². The van der Waals surface area contributed by atoms with Crippen molar-refractivity contribution in [1.29, 1.82) is 0 Å². The van der Waals surface area contributed by atoms with E-state index in [4.69, 9.17) is 5.10 Å². The van der Waals surface area contributed by atoms with Crippen LogP contribution in [0.25, 0.3) is 5.69 Å². The second kappa shape index (κ2) is 7.64. The van der Waals surface area contributed by atoms with Gasteiger partial charge in [-0.1, -0.05) is 51.1 Å². The first kappa shape index (κ1) is 17.4. The van der Waals surface area contributed by atoms with E-state index in [1.807, 2.05) is 28.9 Å². The lowest BCUT2D eigenvalue weighted by molar-refractivity contribution is 0.616. The summed E-state index contributed by atoms with van der Waals surface area (Å²) in [5.74, 6) is 0.467. The van der Waals surface area contributed by atoms with Gasteiger partial charge in [0.2, 0.25) is 0 Å². The normalized spacial score (nSPS) is 12.5. The minimum absolute atomic E-state index is 0.115. The molecule has 3 aromatic rings. The van der Waals surface area contributed by atoms with E-state index >= 15 is 0 Å². The molecule has 0 aliphatic rings. The molecule has 0 aliphatic heterocycles. The van der Waals surface area contributed by atoms with Gasteiger partial charge in [-0.25, -0.2) is 9.07 Å². The van der Waals surface area contributed by atoms with Crippen LogP contribution in [0, 0.1) is 11.7 Å². The van der Waals surface area contributed by atoms with E-state index in [0.29, 0.717) is 5.92 Å². The van der Waals surface area contributed by atoms with Crippen LogP contribution in [0.1, 0.15) is 50.1 Å². The predicted molar refractivity (Wildman–Crippen MR) is 101 cm³/mol. The van der Waals surface area contributed by atoms with E-state index in [1.165, 1.54) is 6.07 Å². The average Bonchev–Trinajstić information content (AvgIpc) is 2.99. The lowest BCUT2D eigenvalue weighted by Crippen LogP contribution is -2.09. The molecule has 2 nitrogen and oxygen atoms in total. The molecular formula is C22H25FN2. The van der Waals surface area contributed by atoms with Crippen molar-refractivity contribution in [3.8, 4) is 5.69 Å². The van der Waals surface area contributed by atoms with Gasteiger partial charge in [-0.05, 0) is 54.7 Å². The van der Waals surface area contributed by atoms with Crippen molar-refractivity contribution in [2.24, 2.45) is 5.92 Å². The fourth-order valence-electron chi connectivity index (χ4n) is 3.33. The van der Waals surface area contributed by atoms with Crippen LogP contribution in [0.5, 0.6) is 0 Å². The van der Waals surface area contributed by atoms with Gasteiger partial charge in [0.25, 0.3) is 0 Å². The number of benzene rings is 2. The average molecular weight is 336 g/mol. The monoisotopic (exact) mass is 336 g/mol. The van der Waals surface area contributed by atoms with Crippen LogP contribution < -0.4 is 0 Å². The highest BCUT2D eigenvalue weighted by Crippen LogP contribution is 2.31. The molecule has 1 aromatic heterocycles. The molecule has 0 N–H and O–H groups in total. The Labute approximate surface area is 149 Å². The molecule has 0 fully saturated rings. The predicted octanol–water partition coefficient (Wildman–Crippen LogP) is 5.75. The van der Waals surface area contributed by atoms with Crippen molar-refractivity contribution in [2.45, 2.75) is 39.5 Å². The fourth-order valence-corrected chi connectivity index (χ4v) is 3.33. The first-order chi connectivity index (χ1) is 12.1. The minimum Gasteiger partial charge on any atom is -0.237 e. The Bertz CT molecular complexity index is 821. The van der Waals surface area contributed by atoms with E-state index in [9.17, 15) is 4.39 Å². The smallest absolute Gasteiger partial charge is 0.123 e. The van der Waals surface area contributed by atoms with Gasteiger partial charge in [0.15, 0.2) is 0 Å². The van der Waals surface area contributed by atoms with Gasteiger partial charge >= 0.3 is 0 Å². The van der Waals surface area contributed by atoms with Gasteiger partial charge in [0.05, 0.1) is 17.1 Å². The lowest BCUT2D eigenvalue weighted by Gasteiger charge is -2.17. The van der Waals surface area contributed by atoms with Gasteiger partial charge in [-0.2, -0.15) is 5.10 Å². The van der Waals surface area contributed by atoms with Gasteiger partial charge in [0.1, 0.15) is 5.82 Å². The number of aromatic nitrogens is 2. The first-order valence-corrected chi connectivity index (χ1v) is 8.98. The Kier molecular flexibility index (Phi) is 5.32. The van der Waals surface area contributed by atoms with Crippen molar-refractivity contribution in [2.75, 3.05) is 0 Å². The molecule has 1 atom stereocenters. The molecule has 130 valence electrons. The molecule has 0 saturated heterocycles. The summed E-state index contributed by atoms with van der Waals surface area (Å²) >= 11 is 0. The first-order valence-electron chi connectivity index (χ1n) is 8.98. The fraction of sp³-hybridized carbons (Fsp3) is 0.318. The Hall–Kier alpha value is -2.42. The summed E-state index contributed by atoms with van der Waals surface area (Å²) in [6.07, 6.45) is 1.83. The summed E-state index contributed by atoms with van der Waals surface area (Å²) in [6, 6.07) is 19.3. The maximum absolute atomic E-state index is 13.8. The molecule has 1 heterocycles. The number of para-hydroxylation sites is 1. The highest BCUT2D eigenvalue weighted by atomic mass is 19.1. The topological polar surface area (TPSA) is 17.8 Å². The van der Waals surface area contributed by atoms with Crippen molar-refractivity contribution < 1.29 is 4.39 Å². The van der Waals surface area contributed by atoms with Gasteiger partial charge in [0, 0.05) is 5.92 Å². The maximum Gasteiger partial charge on any atom is 0.123 e. The van der Waals surface area contributed by atoms with Crippen molar-refractivity contribution >= 4 is 0 Å². The molecule has 25 heavy (non-hydrogen) atoms. The molecule has 0 radical (unpaired) electrons. The van der Waals surface area contributed by atoms with Crippen LogP contribution in [-0.4, -0.2) is 9.78 Å². The molecule has 0 saturated carbocycles. The summed E-state index contributed by atoms with van der Waals surface area (Å²) in [5.41, 5.74) is 4.25. The summed E-state index contributed by atoms with van der Waals surface area (Å²) in [4.78, 5) is 0. The van der Waals surface area contributed by atoms with Crippen molar-refractivity contribution in [1.82, 2.24) is 9.78 Å². The molecule has 1 unspecified atom stereocenters. The van der Waals surface area contributed by atoms with E-state index < -0.39 is 0 Å². The standard InChI is InChI=1S/C22H25FN2/c1-4-21(17-9-8-10-18(23)14-17)22-15-19(13-16(2)3)24-25(22)20-11-6-5-7-12-20/h5-12,14-16,21H,4,13H2,1-3H3. The van der Waals surface area contributed by atoms with E-state index in [1.54, 1.807) is 12.1 Å². The third-order valence-electron chi connectivity index (χ3n) is 4.42. The lowest BCUT2D eigenvalue weighted by atomic mass is 9.92. The molecule has 0 bridgehead atoms. The number of nitrogens with zero attached hydrogens (tertiary/aromatic N) is 2. The number of hydrogen-bond acceptors (Lipinski definition) is 1. The summed E-state index contributed by atoms with van der Waals surface area (Å²) in [5, 5.41) is 4.86. The summed E-state index contributed by atoms with van der Waals surface area (Å²) in [7, 11) is 0. The van der Waals surface area contributed by atoms with Crippen LogP contribution >= 0.6 is 0 Å². The summed E-state index contributed by atoms with van der Waals surface area (Å²) < 4.78 is 15.8. The SMILES string of the molecule is CCC(c1cccc(F)c1)c1cc(CC(C)C)nn1-c1ccccc1. The molecule has 3 rings (SSSR count). The molecule has 0 amide bonds. The van der Waals surface area contributed by atoms with Crippen molar-refractivity contribution in [3.05, 3.63) is 83.4 Å². The minimum atomic E-state index is -0.191. The second-order valence-electron chi connectivity index (χ2n) is 6.92. The Morgan fingerprint density at radius 2 is 1.76 bits per heavy atom. The Morgan fingerprint density at radius 1 is 1.00 bits per heavy atom. The number of halogens is 1. The Balaban J connectivity index is 2.10. The highest BCUT2D eigenvalue weighted by molar-refractivity contribution is 5.38. The quantitative estimate of drug-likeness (QED) is 0.560. The maximum atomic E-state index is 13.8. The molecule has 3 heteroatoms. The van der Waals surface area contributed by atoms with Gasteiger partial charge in [-0.15, -0.1) is 0 Å². The molecule has 2 aromatic carbocycles. The number of hydrogen-bond donors (Lipinski definition) is 0. The van der Waals surface area contributed by atoms with Crippen LogP contribution in [0.3, 0.4) is 0 Å². The van der Waals surface area contributed by atoms with E-state index in [-0.39, 0.29) is 11.7 Å². The van der Waals surface area contributed by atoms with E-state index in [0.717, 1.165) is 35.5 Å². The second-order valence-corrected chi connectivity index (χ2v) is 6.92. The molecular weight excluding hydrogens is 311 g/mol. The molecule has 0 aliphatic carbocycles. The summed E-state index contributed by atoms with van der Waals surface area (Å²) in [6.45, 7) is 6.54. The van der Waals surface area contributed by atoms with E-state index in [2.05, 4.69) is 39.0 Å². The van der Waals surface area contributed by atoms with Crippen LogP contribution in [0.4, 0.5) is 4.39 Å². The van der Waals surface area contributed by atoms with Crippen molar-refractivity contribution in [3.63, 3.8) is 0 Å². The van der Waals surface area contributed by atoms with Gasteiger partial charge < -0.3 is 0 Å². The van der Waals surface area contributed by atoms with Crippen LogP contribution in [0.15, 0.2) is 60.7 Å². The Morgan fingerprint density at radius 3 is 2.40 bits per heavy atom. The van der Waals surface area contributed by atoms with Gasteiger partial charge in [-0.3, -0.25) is 0 Å².